The number of amides is 2. The molecule has 0 aliphatic heterocycles. The lowest BCUT2D eigenvalue weighted by Crippen LogP contribution is -2.28. The molecule has 0 fully saturated rings. The van der Waals surface area contributed by atoms with E-state index in [4.69, 9.17) is 0 Å². The van der Waals surface area contributed by atoms with E-state index in [0.29, 0.717) is 18.8 Å². The maximum absolute atomic E-state index is 11.7. The van der Waals surface area contributed by atoms with Crippen molar-refractivity contribution in [2.24, 2.45) is 0 Å². The van der Waals surface area contributed by atoms with Gasteiger partial charge in [0.2, 0.25) is 0 Å². The smallest absolute Gasteiger partial charge is 0.320 e. The number of pyridine rings is 2. The summed E-state index contributed by atoms with van der Waals surface area (Å²) in [5, 5.41) is 17.7. The number of carbonyl (C=O) groups excluding carboxylic acids is 1. The van der Waals surface area contributed by atoms with Gasteiger partial charge in [-0.3, -0.25) is 10.3 Å². The summed E-state index contributed by atoms with van der Waals surface area (Å²) in [4.78, 5) is 20.7. The average Bonchev–Trinajstić information content (AvgIpc) is 2.77. The molecule has 3 N–H and O–H groups in total. The SMILES string of the molecule is C\C=C(/C(C)=C\C(=C(/C)CC)C(O)CC)c1cc2cnc(NC(=O)NCC)cc2cn1. The summed E-state index contributed by atoms with van der Waals surface area (Å²) in [6, 6.07) is 3.52. The molecule has 0 saturated carbocycles. The standard InChI is InChI=1S/C25H34N4O2/c1-7-16(5)21(23(30)9-3)11-17(6)20(8-2)22-12-18-15-28-24(13-19(18)14-27-22)29-25(31)26-10-4/h8,11-15,23,30H,7,9-10H2,1-6H3,(H2,26,28,29,31)/b17-11-,20-8+,21-16-. The second kappa shape index (κ2) is 11.4. The molecule has 6 heteroatoms. The Bertz CT molecular complexity index is 1020. The van der Waals surface area contributed by atoms with Crippen LogP contribution in [-0.2, 0) is 0 Å². The minimum atomic E-state index is -0.474. The minimum Gasteiger partial charge on any atom is -0.388 e. The van der Waals surface area contributed by atoms with Crippen molar-refractivity contribution in [3.8, 4) is 0 Å². The normalized spacial score (nSPS) is 14.3. The second-order valence-electron chi connectivity index (χ2n) is 7.51. The molecule has 166 valence electrons. The van der Waals surface area contributed by atoms with Crippen molar-refractivity contribution in [1.82, 2.24) is 15.3 Å². The molecule has 2 rings (SSSR count). The third-order valence-electron chi connectivity index (χ3n) is 5.31. The molecule has 2 heterocycles. The van der Waals surface area contributed by atoms with Crippen molar-refractivity contribution < 1.29 is 9.90 Å². The predicted octanol–water partition coefficient (Wildman–Crippen LogP) is 5.62. The Labute approximate surface area is 185 Å². The third-order valence-corrected chi connectivity index (χ3v) is 5.31. The van der Waals surface area contributed by atoms with Gasteiger partial charge in [-0.05, 0) is 69.4 Å². The van der Waals surface area contributed by atoms with E-state index < -0.39 is 6.10 Å². The lowest BCUT2D eigenvalue weighted by Gasteiger charge is -2.16. The van der Waals surface area contributed by atoms with E-state index in [1.807, 2.05) is 45.9 Å². The molecule has 1 atom stereocenters. The summed E-state index contributed by atoms with van der Waals surface area (Å²) in [6.45, 7) is 12.6. The fourth-order valence-electron chi connectivity index (χ4n) is 3.39. The van der Waals surface area contributed by atoms with Gasteiger partial charge in [0.25, 0.3) is 0 Å². The summed E-state index contributed by atoms with van der Waals surface area (Å²) in [5.74, 6) is 0.480. The Morgan fingerprint density at radius 1 is 1.13 bits per heavy atom. The number of nitrogens with zero attached hydrogens (tertiary/aromatic N) is 2. The number of urea groups is 1. The molecule has 0 aliphatic rings. The molecule has 1 unspecified atom stereocenters. The highest BCUT2D eigenvalue weighted by atomic mass is 16.3. The van der Waals surface area contributed by atoms with Gasteiger partial charge in [-0.2, -0.15) is 0 Å². The number of carbonyl (C=O) groups is 1. The van der Waals surface area contributed by atoms with Crippen LogP contribution >= 0.6 is 0 Å². The Kier molecular flexibility index (Phi) is 8.94. The fourth-order valence-corrected chi connectivity index (χ4v) is 3.39. The zero-order chi connectivity index (χ0) is 23.0. The van der Waals surface area contributed by atoms with Crippen LogP contribution in [0.3, 0.4) is 0 Å². The monoisotopic (exact) mass is 422 g/mol. The van der Waals surface area contributed by atoms with Crippen molar-refractivity contribution in [2.75, 3.05) is 11.9 Å². The molecule has 6 nitrogen and oxygen atoms in total. The minimum absolute atomic E-state index is 0.281. The number of nitrogens with one attached hydrogen (secondary N) is 2. The van der Waals surface area contributed by atoms with Crippen LogP contribution < -0.4 is 10.6 Å². The lowest BCUT2D eigenvalue weighted by molar-refractivity contribution is 0.209. The van der Waals surface area contributed by atoms with Gasteiger partial charge in [0.15, 0.2) is 0 Å². The number of fused-ring (bicyclic) bond motifs is 1. The van der Waals surface area contributed by atoms with Gasteiger partial charge in [-0.1, -0.05) is 31.6 Å². The zero-order valence-corrected chi connectivity index (χ0v) is 19.4. The Hall–Kier alpha value is -2.99. The Balaban J connectivity index is 2.38. The van der Waals surface area contributed by atoms with Gasteiger partial charge < -0.3 is 10.4 Å². The van der Waals surface area contributed by atoms with E-state index in [2.05, 4.69) is 40.5 Å². The van der Waals surface area contributed by atoms with Crippen molar-refractivity contribution >= 4 is 28.2 Å². The molecule has 2 aromatic heterocycles. The molecule has 0 saturated heterocycles. The Morgan fingerprint density at radius 3 is 2.42 bits per heavy atom. The molecule has 2 amide bonds. The average molecular weight is 423 g/mol. The topological polar surface area (TPSA) is 87.1 Å². The molecule has 0 aromatic carbocycles. The van der Waals surface area contributed by atoms with Gasteiger partial charge in [0.1, 0.15) is 5.82 Å². The van der Waals surface area contributed by atoms with Crippen molar-refractivity contribution in [2.45, 2.75) is 60.5 Å². The number of anilines is 1. The maximum atomic E-state index is 11.7. The molecule has 2 aromatic rings. The molecule has 0 bridgehead atoms. The number of aliphatic hydroxyl groups excluding tert-OH is 1. The van der Waals surface area contributed by atoms with E-state index in [1.165, 1.54) is 5.57 Å². The maximum Gasteiger partial charge on any atom is 0.320 e. The van der Waals surface area contributed by atoms with Crippen LogP contribution in [-0.4, -0.2) is 33.8 Å². The Morgan fingerprint density at radius 2 is 1.81 bits per heavy atom. The van der Waals surface area contributed by atoms with E-state index in [9.17, 15) is 9.90 Å². The van der Waals surface area contributed by atoms with Crippen molar-refractivity contribution in [1.29, 1.82) is 0 Å². The van der Waals surface area contributed by atoms with Gasteiger partial charge in [0, 0.05) is 29.7 Å². The van der Waals surface area contributed by atoms with Gasteiger partial charge >= 0.3 is 6.03 Å². The van der Waals surface area contributed by atoms with Crippen LogP contribution in [0.2, 0.25) is 0 Å². The third kappa shape index (κ3) is 6.25. The molecule has 0 aliphatic carbocycles. The van der Waals surface area contributed by atoms with Gasteiger partial charge in [0.05, 0.1) is 11.8 Å². The highest BCUT2D eigenvalue weighted by Gasteiger charge is 2.13. The van der Waals surface area contributed by atoms with Gasteiger partial charge in [-0.15, -0.1) is 0 Å². The number of aliphatic hydroxyl groups is 1. The van der Waals surface area contributed by atoms with Crippen LogP contribution in [0.15, 0.2) is 53.4 Å². The summed E-state index contributed by atoms with van der Waals surface area (Å²) < 4.78 is 0. The van der Waals surface area contributed by atoms with Crippen LogP contribution in [0.1, 0.15) is 60.1 Å². The molecule has 31 heavy (non-hydrogen) atoms. The second-order valence-corrected chi connectivity index (χ2v) is 7.51. The number of rotatable bonds is 8. The largest absolute Gasteiger partial charge is 0.388 e. The van der Waals surface area contributed by atoms with E-state index >= 15 is 0 Å². The first-order valence-corrected chi connectivity index (χ1v) is 10.9. The van der Waals surface area contributed by atoms with Crippen molar-refractivity contribution in [3.63, 3.8) is 0 Å². The fraction of sp³-hybridized carbons (Fsp3) is 0.400. The first-order valence-electron chi connectivity index (χ1n) is 10.9. The summed E-state index contributed by atoms with van der Waals surface area (Å²) in [7, 11) is 0. The predicted molar refractivity (Wildman–Crippen MR) is 129 cm³/mol. The van der Waals surface area contributed by atoms with Crippen molar-refractivity contribution in [3.05, 3.63) is 59.1 Å². The molecular weight excluding hydrogens is 388 g/mol. The van der Waals surface area contributed by atoms with E-state index in [0.717, 1.165) is 39.6 Å². The molecule has 0 spiro atoms. The molecular formula is C25H34N4O2. The highest BCUT2D eigenvalue weighted by Crippen LogP contribution is 2.28. The summed E-state index contributed by atoms with van der Waals surface area (Å²) in [6.07, 6.45) is 8.74. The number of hydrogen-bond acceptors (Lipinski definition) is 4. The van der Waals surface area contributed by atoms with E-state index in [1.54, 1.807) is 12.4 Å². The summed E-state index contributed by atoms with van der Waals surface area (Å²) in [5.41, 5.74) is 5.06. The summed E-state index contributed by atoms with van der Waals surface area (Å²) >= 11 is 0. The molecule has 0 radical (unpaired) electrons. The lowest BCUT2D eigenvalue weighted by atomic mass is 9.94. The van der Waals surface area contributed by atoms with Crippen LogP contribution in [0.25, 0.3) is 16.3 Å². The van der Waals surface area contributed by atoms with Crippen LogP contribution in [0.5, 0.6) is 0 Å². The van der Waals surface area contributed by atoms with Gasteiger partial charge in [-0.25, -0.2) is 9.78 Å². The number of hydrogen-bond donors (Lipinski definition) is 3. The van der Waals surface area contributed by atoms with E-state index in [-0.39, 0.29) is 6.03 Å². The number of aromatic nitrogens is 2. The first-order chi connectivity index (χ1) is 14.8. The van der Waals surface area contributed by atoms with Crippen LogP contribution in [0, 0.1) is 0 Å². The quantitative estimate of drug-likeness (QED) is 0.482. The van der Waals surface area contributed by atoms with Crippen LogP contribution in [0.4, 0.5) is 10.6 Å². The zero-order valence-electron chi connectivity index (χ0n) is 19.4. The first kappa shape index (κ1) is 24.3. The highest BCUT2D eigenvalue weighted by molar-refractivity contribution is 5.92. The number of allylic oxidation sites excluding steroid dienone is 4.